The van der Waals surface area contributed by atoms with Crippen molar-refractivity contribution in [3.63, 3.8) is 0 Å². The fourth-order valence-electron chi connectivity index (χ4n) is 5.38. The molecule has 0 saturated carbocycles. The van der Waals surface area contributed by atoms with Gasteiger partial charge in [-0.15, -0.1) is 0 Å². The summed E-state index contributed by atoms with van der Waals surface area (Å²) in [4.78, 5) is 30.0. The number of para-hydroxylation sites is 2. The molecule has 6 rings (SSSR count). The molecular weight excluding hydrogens is 430 g/mol. The molecule has 2 aromatic heterocycles. The minimum atomic E-state index is -0.261. The lowest BCUT2D eigenvalue weighted by Crippen LogP contribution is -2.36. The van der Waals surface area contributed by atoms with Gasteiger partial charge in [-0.25, -0.2) is 0 Å². The summed E-state index contributed by atoms with van der Waals surface area (Å²) >= 11 is 0. The summed E-state index contributed by atoms with van der Waals surface area (Å²) in [7, 11) is 0. The number of hydrogen-bond donors (Lipinski definition) is 0. The van der Waals surface area contributed by atoms with Crippen molar-refractivity contribution in [1.29, 1.82) is 0 Å². The maximum atomic E-state index is 13.9. The Morgan fingerprint density at radius 1 is 0.853 bits per heavy atom. The molecular formula is C27H25N3O4. The van der Waals surface area contributed by atoms with Gasteiger partial charge in [0.25, 0.3) is 0 Å². The molecule has 1 aliphatic carbocycles. The van der Waals surface area contributed by atoms with E-state index in [2.05, 4.69) is 4.90 Å². The van der Waals surface area contributed by atoms with Crippen molar-refractivity contribution in [1.82, 2.24) is 9.47 Å². The fraction of sp³-hybridized carbons (Fsp3) is 0.296. The highest BCUT2D eigenvalue weighted by Gasteiger charge is 2.38. The van der Waals surface area contributed by atoms with Gasteiger partial charge in [0.15, 0.2) is 6.20 Å². The summed E-state index contributed by atoms with van der Waals surface area (Å²) in [6.45, 7) is 5.12. The van der Waals surface area contributed by atoms with E-state index in [4.69, 9.17) is 4.74 Å². The van der Waals surface area contributed by atoms with Crippen LogP contribution in [0.5, 0.6) is 0 Å². The van der Waals surface area contributed by atoms with E-state index in [-0.39, 0.29) is 17.1 Å². The topological polar surface area (TPSA) is 78.5 Å². The Labute approximate surface area is 196 Å². The summed E-state index contributed by atoms with van der Waals surface area (Å²) in [5, 5.41) is 13.9. The van der Waals surface area contributed by atoms with Crippen LogP contribution in [0.25, 0.3) is 21.8 Å². The molecule has 0 atom stereocenters. The molecule has 0 N–H and O–H groups in total. The van der Waals surface area contributed by atoms with Crippen LogP contribution in [0.1, 0.15) is 44.8 Å². The van der Waals surface area contributed by atoms with E-state index >= 15 is 0 Å². The Morgan fingerprint density at radius 3 is 2.38 bits per heavy atom. The molecule has 1 saturated heterocycles. The van der Waals surface area contributed by atoms with Gasteiger partial charge in [-0.05, 0) is 31.5 Å². The van der Waals surface area contributed by atoms with Crippen LogP contribution in [0.3, 0.4) is 0 Å². The molecule has 0 bridgehead atoms. The SMILES string of the molecule is O=C1c2c[n+]([O-])c3ccccc3c2C(=O)c2c1c1ccccc1n2CCCCN1CCOCC1. The monoisotopic (exact) mass is 455 g/mol. The summed E-state index contributed by atoms with van der Waals surface area (Å²) < 4.78 is 8.13. The lowest BCUT2D eigenvalue weighted by molar-refractivity contribution is -0.577. The summed E-state index contributed by atoms with van der Waals surface area (Å²) in [6.07, 6.45) is 3.15. The lowest BCUT2D eigenvalue weighted by atomic mass is 9.85. The molecule has 0 unspecified atom stereocenters. The normalized spacial score (nSPS) is 16.2. The molecule has 7 nitrogen and oxygen atoms in total. The number of carbonyl (C=O) groups excluding carboxylic acids is 2. The number of ether oxygens (including phenoxy) is 1. The first-order valence-electron chi connectivity index (χ1n) is 11.8. The van der Waals surface area contributed by atoms with E-state index in [9.17, 15) is 14.8 Å². The quantitative estimate of drug-likeness (QED) is 0.231. The van der Waals surface area contributed by atoms with E-state index in [0.29, 0.717) is 39.0 Å². The number of fused-ring (bicyclic) bond motifs is 6. The molecule has 4 aromatic rings. The van der Waals surface area contributed by atoms with Gasteiger partial charge in [0, 0.05) is 36.6 Å². The molecule has 7 heteroatoms. The van der Waals surface area contributed by atoms with Crippen molar-refractivity contribution in [2.45, 2.75) is 19.4 Å². The van der Waals surface area contributed by atoms with Crippen LogP contribution in [0.15, 0.2) is 54.7 Å². The van der Waals surface area contributed by atoms with Gasteiger partial charge in [0.1, 0.15) is 5.69 Å². The number of ketones is 2. The van der Waals surface area contributed by atoms with Crippen molar-refractivity contribution < 1.29 is 19.1 Å². The predicted molar refractivity (Wildman–Crippen MR) is 128 cm³/mol. The molecule has 1 fully saturated rings. The molecule has 0 amide bonds. The zero-order valence-electron chi connectivity index (χ0n) is 18.8. The lowest BCUT2D eigenvalue weighted by Gasteiger charge is -2.26. The number of unbranched alkanes of at least 4 members (excludes halogenated alkanes) is 1. The number of rotatable bonds is 5. The van der Waals surface area contributed by atoms with Gasteiger partial charge in [-0.2, -0.15) is 4.73 Å². The Kier molecular flexibility index (Phi) is 5.16. The molecule has 172 valence electrons. The third kappa shape index (κ3) is 3.23. The van der Waals surface area contributed by atoms with Crippen LogP contribution in [0.2, 0.25) is 0 Å². The minimum absolute atomic E-state index is 0.182. The number of morpholine rings is 1. The average Bonchev–Trinajstić information content (AvgIpc) is 3.20. The highest BCUT2D eigenvalue weighted by molar-refractivity contribution is 6.34. The van der Waals surface area contributed by atoms with Crippen LogP contribution in [0, 0.1) is 5.21 Å². The minimum Gasteiger partial charge on any atom is -0.618 e. The van der Waals surface area contributed by atoms with E-state index < -0.39 is 0 Å². The average molecular weight is 456 g/mol. The number of aromatic nitrogens is 2. The molecule has 1 aliphatic heterocycles. The van der Waals surface area contributed by atoms with Gasteiger partial charge in [-0.3, -0.25) is 14.5 Å². The third-order valence-corrected chi connectivity index (χ3v) is 7.02. The fourth-order valence-corrected chi connectivity index (χ4v) is 5.38. The summed E-state index contributed by atoms with van der Waals surface area (Å²) in [5.74, 6) is -0.450. The Morgan fingerprint density at radius 2 is 1.56 bits per heavy atom. The Balaban J connectivity index is 1.42. The van der Waals surface area contributed by atoms with E-state index in [0.717, 1.165) is 56.6 Å². The van der Waals surface area contributed by atoms with Gasteiger partial charge in [-0.1, -0.05) is 30.3 Å². The third-order valence-electron chi connectivity index (χ3n) is 7.02. The number of carbonyl (C=O) groups is 2. The van der Waals surface area contributed by atoms with Gasteiger partial charge in [0.2, 0.25) is 17.1 Å². The zero-order chi connectivity index (χ0) is 23.2. The summed E-state index contributed by atoms with van der Waals surface area (Å²) in [6, 6.07) is 14.6. The predicted octanol–water partition coefficient (Wildman–Crippen LogP) is 3.32. The Hall–Kier alpha value is -3.55. The smallest absolute Gasteiger partial charge is 0.224 e. The molecule has 3 heterocycles. The van der Waals surface area contributed by atoms with Crippen LogP contribution in [0.4, 0.5) is 0 Å². The number of nitrogens with zero attached hydrogens (tertiary/aromatic N) is 3. The maximum absolute atomic E-state index is 13.9. The van der Waals surface area contributed by atoms with Gasteiger partial charge in [0.05, 0.1) is 35.3 Å². The molecule has 0 radical (unpaired) electrons. The highest BCUT2D eigenvalue weighted by Crippen LogP contribution is 2.37. The largest absolute Gasteiger partial charge is 0.618 e. The number of benzene rings is 2. The first kappa shape index (κ1) is 21.0. The van der Waals surface area contributed by atoms with Gasteiger partial charge < -0.3 is 14.5 Å². The van der Waals surface area contributed by atoms with E-state index in [1.807, 2.05) is 28.8 Å². The van der Waals surface area contributed by atoms with Gasteiger partial charge >= 0.3 is 0 Å². The van der Waals surface area contributed by atoms with E-state index in [1.54, 1.807) is 24.3 Å². The van der Waals surface area contributed by atoms with Crippen molar-refractivity contribution in [2.75, 3.05) is 32.8 Å². The second kappa shape index (κ2) is 8.34. The number of aryl methyl sites for hydroxylation is 1. The first-order chi connectivity index (χ1) is 16.6. The second-order valence-electron chi connectivity index (χ2n) is 8.97. The number of pyridine rings is 1. The molecule has 2 aromatic carbocycles. The van der Waals surface area contributed by atoms with Crippen molar-refractivity contribution in [3.05, 3.63) is 82.3 Å². The maximum Gasteiger partial charge on any atom is 0.224 e. The van der Waals surface area contributed by atoms with Crippen LogP contribution in [-0.2, 0) is 11.3 Å². The molecule has 34 heavy (non-hydrogen) atoms. The van der Waals surface area contributed by atoms with Crippen LogP contribution < -0.4 is 4.73 Å². The first-order valence-corrected chi connectivity index (χ1v) is 11.8. The summed E-state index contributed by atoms with van der Waals surface area (Å²) in [5.41, 5.74) is 2.64. The molecule has 0 spiro atoms. The van der Waals surface area contributed by atoms with Crippen molar-refractivity contribution in [3.8, 4) is 0 Å². The highest BCUT2D eigenvalue weighted by atomic mass is 16.5. The van der Waals surface area contributed by atoms with E-state index in [1.165, 1.54) is 6.20 Å². The number of hydrogen-bond acceptors (Lipinski definition) is 5. The standard InChI is InChI=1S/C27H25N3O4/c31-26-20-17-30(33)22-10-4-2-8-19(22)23(20)27(32)25-24(26)18-7-1-3-9-21(18)29(25)12-6-5-11-28-13-15-34-16-14-28/h1-4,7-10,17H,5-6,11-16H2. The Bertz CT molecular complexity index is 1450. The zero-order valence-corrected chi connectivity index (χ0v) is 18.8. The van der Waals surface area contributed by atoms with Crippen molar-refractivity contribution >= 4 is 33.4 Å². The second-order valence-corrected chi connectivity index (χ2v) is 8.97. The van der Waals surface area contributed by atoms with Crippen molar-refractivity contribution in [2.24, 2.45) is 0 Å². The molecule has 2 aliphatic rings. The van der Waals surface area contributed by atoms with Crippen LogP contribution >= 0.6 is 0 Å². The van der Waals surface area contributed by atoms with Crippen LogP contribution in [-0.4, -0.2) is 53.9 Å².